The van der Waals surface area contributed by atoms with Gasteiger partial charge < -0.3 is 11.1 Å². The fourth-order valence-corrected chi connectivity index (χ4v) is 2.22. The molecule has 0 aliphatic rings. The van der Waals surface area contributed by atoms with Crippen LogP contribution in [-0.2, 0) is 0 Å². The van der Waals surface area contributed by atoms with E-state index < -0.39 is 6.03 Å². The second-order valence-corrected chi connectivity index (χ2v) is 4.72. The summed E-state index contributed by atoms with van der Waals surface area (Å²) in [5, 5.41) is 3.19. The van der Waals surface area contributed by atoms with Gasteiger partial charge in [-0.2, -0.15) is 0 Å². The van der Waals surface area contributed by atoms with E-state index in [1.807, 2.05) is 28.8 Å². The number of aromatic nitrogens is 2. The molecular formula is C14H11ClN4O. The fraction of sp³-hybridized carbons (Fsp3) is 0. The first-order chi connectivity index (χ1) is 9.63. The van der Waals surface area contributed by atoms with Crippen LogP contribution in [0.2, 0.25) is 5.02 Å². The Morgan fingerprint density at radius 3 is 2.95 bits per heavy atom. The lowest BCUT2D eigenvalue weighted by molar-refractivity contribution is 0.259. The number of carbonyl (C=O) groups is 1. The van der Waals surface area contributed by atoms with Crippen LogP contribution in [0.15, 0.2) is 48.8 Å². The molecule has 0 aliphatic carbocycles. The average molecular weight is 287 g/mol. The van der Waals surface area contributed by atoms with Crippen LogP contribution < -0.4 is 11.1 Å². The van der Waals surface area contributed by atoms with Gasteiger partial charge in [-0.1, -0.05) is 23.7 Å². The lowest BCUT2D eigenvalue weighted by atomic mass is 10.1. The standard InChI is InChI=1S/C14H11ClN4O/c15-10-4-5-19-12(8-17-13(19)7-10)9-2-1-3-11(6-9)18-14(16)20/h1-8H,(H3,16,18,20). The van der Waals surface area contributed by atoms with Crippen LogP contribution in [-0.4, -0.2) is 15.4 Å². The van der Waals surface area contributed by atoms with Crippen molar-refractivity contribution in [2.24, 2.45) is 5.73 Å². The van der Waals surface area contributed by atoms with E-state index in [-0.39, 0.29) is 0 Å². The summed E-state index contributed by atoms with van der Waals surface area (Å²) in [5.74, 6) is 0. The van der Waals surface area contributed by atoms with Gasteiger partial charge in [0.05, 0.1) is 11.9 Å². The van der Waals surface area contributed by atoms with Crippen molar-refractivity contribution in [3.63, 3.8) is 0 Å². The largest absolute Gasteiger partial charge is 0.351 e. The number of primary amides is 1. The summed E-state index contributed by atoms with van der Waals surface area (Å²) in [6.45, 7) is 0. The highest BCUT2D eigenvalue weighted by Gasteiger charge is 2.07. The highest BCUT2D eigenvalue weighted by molar-refractivity contribution is 6.30. The van der Waals surface area contributed by atoms with Gasteiger partial charge in [-0.15, -0.1) is 0 Å². The molecule has 20 heavy (non-hydrogen) atoms. The first-order valence-electron chi connectivity index (χ1n) is 5.93. The fourth-order valence-electron chi connectivity index (χ4n) is 2.07. The highest BCUT2D eigenvalue weighted by atomic mass is 35.5. The van der Waals surface area contributed by atoms with Gasteiger partial charge in [0.1, 0.15) is 5.65 Å². The first-order valence-corrected chi connectivity index (χ1v) is 6.31. The van der Waals surface area contributed by atoms with Crippen molar-refractivity contribution < 1.29 is 4.79 Å². The Balaban J connectivity index is 2.09. The zero-order valence-electron chi connectivity index (χ0n) is 10.4. The molecule has 0 aliphatic heterocycles. The van der Waals surface area contributed by atoms with Gasteiger partial charge in [0, 0.05) is 28.5 Å². The number of halogens is 1. The number of anilines is 1. The van der Waals surface area contributed by atoms with Crippen LogP contribution in [0.4, 0.5) is 10.5 Å². The van der Waals surface area contributed by atoms with Crippen LogP contribution >= 0.6 is 11.6 Å². The second-order valence-electron chi connectivity index (χ2n) is 4.29. The lowest BCUT2D eigenvalue weighted by Gasteiger charge is -2.05. The number of carbonyl (C=O) groups excluding carboxylic acids is 1. The van der Waals surface area contributed by atoms with Gasteiger partial charge in [-0.25, -0.2) is 9.78 Å². The predicted molar refractivity (Wildman–Crippen MR) is 78.8 cm³/mol. The molecule has 0 atom stereocenters. The van der Waals surface area contributed by atoms with Crippen LogP contribution in [0.5, 0.6) is 0 Å². The molecule has 100 valence electrons. The van der Waals surface area contributed by atoms with Crippen molar-refractivity contribution >= 4 is 29.0 Å². The van der Waals surface area contributed by atoms with Crippen molar-refractivity contribution in [2.45, 2.75) is 0 Å². The minimum atomic E-state index is -0.591. The average Bonchev–Trinajstić information content (AvgIpc) is 2.81. The molecule has 0 saturated carbocycles. The van der Waals surface area contributed by atoms with Crippen molar-refractivity contribution in [2.75, 3.05) is 5.32 Å². The van der Waals surface area contributed by atoms with E-state index in [2.05, 4.69) is 10.3 Å². The Labute approximate surface area is 120 Å². The third-order valence-electron chi connectivity index (χ3n) is 2.90. The molecule has 6 heteroatoms. The number of urea groups is 1. The molecule has 0 saturated heterocycles. The number of nitrogens with one attached hydrogen (secondary N) is 1. The van der Waals surface area contributed by atoms with E-state index in [0.717, 1.165) is 16.9 Å². The summed E-state index contributed by atoms with van der Waals surface area (Å²) >= 11 is 5.94. The number of hydrogen-bond acceptors (Lipinski definition) is 2. The number of fused-ring (bicyclic) bond motifs is 1. The molecule has 0 radical (unpaired) electrons. The second kappa shape index (κ2) is 4.86. The van der Waals surface area contributed by atoms with E-state index in [4.69, 9.17) is 17.3 Å². The summed E-state index contributed by atoms with van der Waals surface area (Å²) in [4.78, 5) is 15.2. The zero-order valence-corrected chi connectivity index (χ0v) is 11.1. The minimum absolute atomic E-state index is 0.591. The maximum atomic E-state index is 10.9. The third-order valence-corrected chi connectivity index (χ3v) is 3.14. The van der Waals surface area contributed by atoms with E-state index in [0.29, 0.717) is 10.7 Å². The van der Waals surface area contributed by atoms with Crippen molar-refractivity contribution in [1.82, 2.24) is 9.38 Å². The van der Waals surface area contributed by atoms with Crippen LogP contribution in [0, 0.1) is 0 Å². The van der Waals surface area contributed by atoms with Gasteiger partial charge in [0.25, 0.3) is 0 Å². The Hall–Kier alpha value is -2.53. The number of rotatable bonds is 2. The molecule has 5 nitrogen and oxygen atoms in total. The van der Waals surface area contributed by atoms with E-state index >= 15 is 0 Å². The number of pyridine rings is 1. The normalized spacial score (nSPS) is 10.7. The third kappa shape index (κ3) is 2.31. The van der Waals surface area contributed by atoms with Gasteiger partial charge in [-0.05, 0) is 18.2 Å². The van der Waals surface area contributed by atoms with Crippen molar-refractivity contribution in [3.05, 3.63) is 53.8 Å². The quantitative estimate of drug-likeness (QED) is 0.759. The van der Waals surface area contributed by atoms with Crippen LogP contribution in [0.1, 0.15) is 0 Å². The summed E-state index contributed by atoms with van der Waals surface area (Å²) in [6, 6.07) is 10.4. The molecule has 1 aromatic carbocycles. The maximum absolute atomic E-state index is 10.9. The Morgan fingerprint density at radius 1 is 1.30 bits per heavy atom. The van der Waals surface area contributed by atoms with Crippen molar-refractivity contribution in [3.8, 4) is 11.3 Å². The van der Waals surface area contributed by atoms with Gasteiger partial charge in [0.15, 0.2) is 0 Å². The van der Waals surface area contributed by atoms with Crippen molar-refractivity contribution in [1.29, 1.82) is 0 Å². The summed E-state index contributed by atoms with van der Waals surface area (Å²) in [7, 11) is 0. The maximum Gasteiger partial charge on any atom is 0.316 e. The SMILES string of the molecule is NC(=O)Nc1cccc(-c2cnc3cc(Cl)ccn23)c1. The first kappa shape index (κ1) is 12.5. The van der Waals surface area contributed by atoms with Gasteiger partial charge in [-0.3, -0.25) is 4.40 Å². The topological polar surface area (TPSA) is 72.4 Å². The summed E-state index contributed by atoms with van der Waals surface area (Å²) in [6.07, 6.45) is 3.61. The van der Waals surface area contributed by atoms with E-state index in [9.17, 15) is 4.79 Å². The molecule has 0 fully saturated rings. The zero-order chi connectivity index (χ0) is 14.1. The monoisotopic (exact) mass is 286 g/mol. The molecule has 3 rings (SSSR count). The predicted octanol–water partition coefficient (Wildman–Crippen LogP) is 3.15. The number of nitrogens with zero attached hydrogens (tertiary/aromatic N) is 2. The Bertz CT molecular complexity index is 797. The van der Waals surface area contributed by atoms with E-state index in [1.165, 1.54) is 0 Å². The minimum Gasteiger partial charge on any atom is -0.351 e. The Kier molecular flexibility index (Phi) is 3.04. The smallest absolute Gasteiger partial charge is 0.316 e. The Morgan fingerprint density at radius 2 is 2.15 bits per heavy atom. The number of amides is 2. The molecular weight excluding hydrogens is 276 g/mol. The van der Waals surface area contributed by atoms with Crippen LogP contribution in [0.3, 0.4) is 0 Å². The number of hydrogen-bond donors (Lipinski definition) is 2. The number of imidazole rings is 1. The molecule has 2 amide bonds. The number of nitrogens with two attached hydrogens (primary N) is 1. The van der Waals surface area contributed by atoms with Gasteiger partial charge in [0.2, 0.25) is 0 Å². The van der Waals surface area contributed by atoms with Crippen LogP contribution in [0.25, 0.3) is 16.9 Å². The summed E-state index contributed by atoms with van der Waals surface area (Å²) in [5.41, 5.74) is 8.35. The molecule has 0 unspecified atom stereocenters. The lowest BCUT2D eigenvalue weighted by Crippen LogP contribution is -2.19. The van der Waals surface area contributed by atoms with Gasteiger partial charge >= 0.3 is 6.03 Å². The molecule has 0 spiro atoms. The van der Waals surface area contributed by atoms with E-state index in [1.54, 1.807) is 24.4 Å². The molecule has 3 N–H and O–H groups in total. The molecule has 2 aromatic heterocycles. The molecule has 2 heterocycles. The molecule has 3 aromatic rings. The molecule has 0 bridgehead atoms. The summed E-state index contributed by atoms with van der Waals surface area (Å²) < 4.78 is 1.93. The number of benzene rings is 1. The highest BCUT2D eigenvalue weighted by Crippen LogP contribution is 2.24.